The molecule has 3 rings (SSSR count). The van der Waals surface area contributed by atoms with Crippen LogP contribution in [-0.2, 0) is 21.4 Å². The maximum absolute atomic E-state index is 12.4. The van der Waals surface area contributed by atoms with Gasteiger partial charge in [0.2, 0.25) is 15.9 Å². The predicted molar refractivity (Wildman–Crippen MR) is 111 cm³/mol. The highest BCUT2D eigenvalue weighted by molar-refractivity contribution is 7.89. The number of hydrogen-bond acceptors (Lipinski definition) is 5. The second-order valence-corrected chi connectivity index (χ2v) is 8.73. The van der Waals surface area contributed by atoms with Crippen molar-refractivity contribution in [2.24, 2.45) is 0 Å². The zero-order valence-electron chi connectivity index (χ0n) is 16.6. The third kappa shape index (κ3) is 6.03. The Hall–Kier alpha value is -2.42. The highest BCUT2D eigenvalue weighted by Crippen LogP contribution is 2.15. The van der Waals surface area contributed by atoms with Crippen LogP contribution in [0.3, 0.4) is 0 Å². The van der Waals surface area contributed by atoms with Gasteiger partial charge in [0.25, 0.3) is 0 Å². The van der Waals surface area contributed by atoms with Crippen LogP contribution in [-0.4, -0.2) is 64.0 Å². The van der Waals surface area contributed by atoms with Crippen molar-refractivity contribution in [1.82, 2.24) is 14.5 Å². The Morgan fingerprint density at radius 3 is 2.28 bits per heavy atom. The lowest BCUT2D eigenvalue weighted by Gasteiger charge is -2.34. The van der Waals surface area contributed by atoms with Crippen LogP contribution in [0, 0.1) is 0 Å². The first-order chi connectivity index (χ1) is 14.0. The third-order valence-electron chi connectivity index (χ3n) is 4.97. The van der Waals surface area contributed by atoms with Gasteiger partial charge in [-0.2, -0.15) is 0 Å². The predicted octanol–water partition coefficient (Wildman–Crippen LogP) is 1.71. The van der Waals surface area contributed by atoms with Crippen LogP contribution in [0.25, 0.3) is 0 Å². The average Bonchev–Trinajstić information content (AvgIpc) is 2.75. The highest BCUT2D eigenvalue weighted by Gasteiger charge is 2.21. The molecule has 1 fully saturated rings. The van der Waals surface area contributed by atoms with Gasteiger partial charge in [0.1, 0.15) is 5.75 Å². The molecule has 1 aliphatic rings. The molecule has 0 spiro atoms. The van der Waals surface area contributed by atoms with Crippen molar-refractivity contribution < 1.29 is 17.9 Å². The summed E-state index contributed by atoms with van der Waals surface area (Å²) in [6, 6.07) is 16.4. The summed E-state index contributed by atoms with van der Waals surface area (Å²) >= 11 is 0. The molecule has 0 radical (unpaired) electrons. The summed E-state index contributed by atoms with van der Waals surface area (Å²) in [5.41, 5.74) is 1.26. The normalized spacial score (nSPS) is 15.3. The molecule has 1 amide bonds. The highest BCUT2D eigenvalue weighted by atomic mass is 32.2. The fourth-order valence-electron chi connectivity index (χ4n) is 3.29. The molecule has 8 heteroatoms. The number of nitrogens with one attached hydrogen (secondary N) is 1. The number of carbonyl (C=O) groups is 1. The summed E-state index contributed by atoms with van der Waals surface area (Å²) in [7, 11) is -2.12. The molecular formula is C21H27N3O4S. The van der Waals surface area contributed by atoms with Crippen molar-refractivity contribution >= 4 is 15.9 Å². The largest absolute Gasteiger partial charge is 0.497 e. The van der Waals surface area contributed by atoms with E-state index in [1.165, 1.54) is 24.8 Å². The molecule has 156 valence electrons. The van der Waals surface area contributed by atoms with Gasteiger partial charge in [0.05, 0.1) is 12.0 Å². The standard InChI is InChI=1S/C21H27N3O4S/c1-28-19-7-9-20(10-8-19)29(26,27)22-12-11-21(25)24-15-13-23(14-16-24)17-18-5-3-2-4-6-18/h2-10,22H,11-17H2,1H3. The van der Waals surface area contributed by atoms with Crippen LogP contribution < -0.4 is 9.46 Å². The number of sulfonamides is 1. The minimum atomic E-state index is -3.64. The summed E-state index contributed by atoms with van der Waals surface area (Å²) in [6.07, 6.45) is 0.147. The van der Waals surface area contributed by atoms with E-state index in [0.29, 0.717) is 18.8 Å². The fraction of sp³-hybridized carbons (Fsp3) is 0.381. The Morgan fingerprint density at radius 1 is 1.00 bits per heavy atom. The maximum atomic E-state index is 12.4. The van der Waals surface area contributed by atoms with E-state index in [4.69, 9.17) is 4.74 Å². The van der Waals surface area contributed by atoms with E-state index in [0.717, 1.165) is 19.6 Å². The topological polar surface area (TPSA) is 78.9 Å². The molecule has 0 bridgehead atoms. The summed E-state index contributed by atoms with van der Waals surface area (Å²) < 4.78 is 32.2. The van der Waals surface area contributed by atoms with Gasteiger partial charge in [-0.25, -0.2) is 13.1 Å². The van der Waals surface area contributed by atoms with Crippen LogP contribution >= 0.6 is 0 Å². The van der Waals surface area contributed by atoms with E-state index in [2.05, 4.69) is 21.8 Å². The van der Waals surface area contributed by atoms with Gasteiger partial charge in [-0.3, -0.25) is 9.69 Å². The lowest BCUT2D eigenvalue weighted by Crippen LogP contribution is -2.48. The van der Waals surface area contributed by atoms with Gasteiger partial charge in [-0.1, -0.05) is 30.3 Å². The SMILES string of the molecule is COc1ccc(S(=O)(=O)NCCC(=O)N2CCN(Cc3ccccc3)CC2)cc1. The number of rotatable bonds is 8. The lowest BCUT2D eigenvalue weighted by molar-refractivity contribution is -0.132. The molecule has 0 aromatic heterocycles. The minimum absolute atomic E-state index is 0.0261. The molecule has 1 heterocycles. The van der Waals surface area contributed by atoms with E-state index in [1.807, 2.05) is 23.1 Å². The molecule has 0 atom stereocenters. The van der Waals surface area contributed by atoms with E-state index < -0.39 is 10.0 Å². The zero-order valence-corrected chi connectivity index (χ0v) is 17.4. The molecule has 0 aliphatic carbocycles. The van der Waals surface area contributed by atoms with Gasteiger partial charge in [-0.15, -0.1) is 0 Å². The average molecular weight is 418 g/mol. The Morgan fingerprint density at radius 2 is 1.66 bits per heavy atom. The number of amides is 1. The van der Waals surface area contributed by atoms with E-state index >= 15 is 0 Å². The number of piperazine rings is 1. The number of ether oxygens (including phenoxy) is 1. The Bertz CT molecular complexity index is 893. The molecule has 2 aromatic rings. The van der Waals surface area contributed by atoms with Crippen molar-refractivity contribution in [2.75, 3.05) is 39.8 Å². The Kier molecular flexibility index (Phi) is 7.24. The van der Waals surface area contributed by atoms with Crippen molar-refractivity contribution in [3.05, 3.63) is 60.2 Å². The van der Waals surface area contributed by atoms with Crippen molar-refractivity contribution in [3.63, 3.8) is 0 Å². The van der Waals surface area contributed by atoms with E-state index in [9.17, 15) is 13.2 Å². The summed E-state index contributed by atoms with van der Waals surface area (Å²) in [5.74, 6) is 0.562. The molecule has 0 saturated carbocycles. The Labute approximate surface area is 172 Å². The van der Waals surface area contributed by atoms with Gasteiger partial charge < -0.3 is 9.64 Å². The van der Waals surface area contributed by atoms with E-state index in [1.54, 1.807) is 12.1 Å². The maximum Gasteiger partial charge on any atom is 0.240 e. The van der Waals surface area contributed by atoms with Gasteiger partial charge in [-0.05, 0) is 29.8 Å². The van der Waals surface area contributed by atoms with Crippen LogP contribution in [0.5, 0.6) is 5.75 Å². The first-order valence-corrected chi connectivity index (χ1v) is 11.1. The number of hydrogen-bond donors (Lipinski definition) is 1. The molecule has 1 N–H and O–H groups in total. The lowest BCUT2D eigenvalue weighted by atomic mass is 10.2. The summed E-state index contributed by atoms with van der Waals surface area (Å²) in [6.45, 7) is 3.92. The number of benzene rings is 2. The molecule has 0 unspecified atom stereocenters. The monoisotopic (exact) mass is 417 g/mol. The van der Waals surface area contributed by atoms with Crippen molar-refractivity contribution in [3.8, 4) is 5.75 Å². The number of methoxy groups -OCH3 is 1. The molecule has 1 aliphatic heterocycles. The van der Waals surface area contributed by atoms with Crippen LogP contribution in [0.2, 0.25) is 0 Å². The minimum Gasteiger partial charge on any atom is -0.497 e. The van der Waals surface area contributed by atoms with Gasteiger partial charge in [0.15, 0.2) is 0 Å². The quantitative estimate of drug-likeness (QED) is 0.707. The fourth-order valence-corrected chi connectivity index (χ4v) is 4.32. The van der Waals surface area contributed by atoms with Crippen molar-refractivity contribution in [2.45, 2.75) is 17.9 Å². The first-order valence-electron chi connectivity index (χ1n) is 9.66. The van der Waals surface area contributed by atoms with Crippen molar-refractivity contribution in [1.29, 1.82) is 0 Å². The first kappa shape index (κ1) is 21.3. The second kappa shape index (κ2) is 9.87. The van der Waals surface area contributed by atoms with Gasteiger partial charge >= 0.3 is 0 Å². The molecule has 29 heavy (non-hydrogen) atoms. The molecule has 1 saturated heterocycles. The van der Waals surface area contributed by atoms with Crippen LogP contribution in [0.1, 0.15) is 12.0 Å². The number of carbonyl (C=O) groups excluding carboxylic acids is 1. The molecule has 7 nitrogen and oxygen atoms in total. The van der Waals surface area contributed by atoms with Crippen LogP contribution in [0.15, 0.2) is 59.5 Å². The zero-order chi connectivity index (χ0) is 20.7. The Balaban J connectivity index is 1.41. The summed E-state index contributed by atoms with van der Waals surface area (Å²) in [4.78, 5) is 16.7. The smallest absolute Gasteiger partial charge is 0.240 e. The molecule has 2 aromatic carbocycles. The van der Waals surface area contributed by atoms with E-state index in [-0.39, 0.29) is 23.8 Å². The van der Waals surface area contributed by atoms with Crippen LogP contribution in [0.4, 0.5) is 0 Å². The summed E-state index contributed by atoms with van der Waals surface area (Å²) in [5, 5.41) is 0. The second-order valence-electron chi connectivity index (χ2n) is 6.97. The molecular weight excluding hydrogens is 390 g/mol. The number of nitrogens with zero attached hydrogens (tertiary/aromatic N) is 2. The van der Waals surface area contributed by atoms with Gasteiger partial charge in [0, 0.05) is 45.7 Å². The third-order valence-corrected chi connectivity index (χ3v) is 6.45.